The zero-order valence-electron chi connectivity index (χ0n) is 12.6. The Morgan fingerprint density at radius 3 is 2.61 bits per heavy atom. The Bertz CT molecular complexity index is 1020. The summed E-state index contributed by atoms with van der Waals surface area (Å²) < 4.78 is 2.09. The van der Waals surface area contributed by atoms with Gasteiger partial charge in [-0.05, 0) is 48.0 Å². The minimum atomic E-state index is 0.684. The average molecular weight is 318 g/mol. The molecule has 0 aliphatic heterocycles. The molecule has 0 bridgehead atoms. The lowest BCUT2D eigenvalue weighted by molar-refractivity contribution is 0.112. The van der Waals surface area contributed by atoms with E-state index in [1.807, 2.05) is 30.6 Å². The first kappa shape index (κ1) is 14.0. The lowest BCUT2D eigenvalue weighted by atomic mass is 10.1. The van der Waals surface area contributed by atoms with Crippen LogP contribution in [0.1, 0.15) is 10.4 Å². The molecule has 4 aromatic rings. The molecule has 0 radical (unpaired) electrons. The van der Waals surface area contributed by atoms with E-state index in [9.17, 15) is 4.79 Å². The first-order valence-electron chi connectivity index (χ1n) is 7.29. The van der Waals surface area contributed by atoms with E-state index in [1.165, 1.54) is 4.90 Å². The lowest BCUT2D eigenvalue weighted by Crippen LogP contribution is -1.91. The maximum atomic E-state index is 10.9. The van der Waals surface area contributed by atoms with Crippen LogP contribution in [0.5, 0.6) is 0 Å². The Labute approximate surface area is 138 Å². The Hall–Kier alpha value is -2.59. The number of carbonyl (C=O) groups excluding carboxylic acids is 1. The molecule has 0 atom stereocenters. The van der Waals surface area contributed by atoms with Gasteiger partial charge in [-0.2, -0.15) is 0 Å². The molecule has 0 saturated heterocycles. The number of hydrogen-bond donors (Lipinski definition) is 0. The zero-order valence-corrected chi connectivity index (χ0v) is 13.4. The molecule has 4 heteroatoms. The van der Waals surface area contributed by atoms with Gasteiger partial charge in [-0.1, -0.05) is 18.2 Å². The van der Waals surface area contributed by atoms with E-state index in [0.29, 0.717) is 5.56 Å². The van der Waals surface area contributed by atoms with Crippen molar-refractivity contribution in [1.82, 2.24) is 9.55 Å². The fourth-order valence-electron chi connectivity index (χ4n) is 2.85. The summed E-state index contributed by atoms with van der Waals surface area (Å²) in [6.07, 6.45) is 4.79. The van der Waals surface area contributed by atoms with Gasteiger partial charge in [0.25, 0.3) is 0 Å². The molecule has 0 N–H and O–H groups in total. The number of aldehydes is 1. The molecule has 0 spiro atoms. The van der Waals surface area contributed by atoms with E-state index in [1.54, 1.807) is 11.8 Å². The van der Waals surface area contributed by atoms with Crippen LogP contribution >= 0.6 is 11.8 Å². The van der Waals surface area contributed by atoms with Gasteiger partial charge in [0.1, 0.15) is 12.6 Å². The summed E-state index contributed by atoms with van der Waals surface area (Å²) in [6.45, 7) is 0. The minimum Gasteiger partial charge on any atom is -0.299 e. The Balaban J connectivity index is 1.92. The number of nitrogens with zero attached hydrogens (tertiary/aromatic N) is 2. The molecule has 23 heavy (non-hydrogen) atoms. The fourth-order valence-corrected chi connectivity index (χ4v) is 3.26. The molecule has 0 fully saturated rings. The summed E-state index contributed by atoms with van der Waals surface area (Å²) in [5, 5.41) is 2.10. The number of benzene rings is 3. The van der Waals surface area contributed by atoms with Gasteiger partial charge in [0.15, 0.2) is 0 Å². The van der Waals surface area contributed by atoms with Crippen molar-refractivity contribution in [2.75, 3.05) is 6.26 Å². The van der Waals surface area contributed by atoms with Crippen molar-refractivity contribution in [3.8, 4) is 5.69 Å². The average Bonchev–Trinajstić information content (AvgIpc) is 3.05. The lowest BCUT2D eigenvalue weighted by Gasteiger charge is -2.06. The standard InChI is InChI=1S/C19H14N2OS/c1-23-16-6-4-15(5-7-16)21-12-20-19-17-8-2-13(11-22)10-14(17)3-9-18(19)21/h2-12H,1H3. The van der Waals surface area contributed by atoms with Crippen LogP contribution in [-0.4, -0.2) is 22.1 Å². The van der Waals surface area contributed by atoms with Crippen molar-refractivity contribution in [3.63, 3.8) is 0 Å². The van der Waals surface area contributed by atoms with Crippen molar-refractivity contribution < 1.29 is 4.79 Å². The number of imidazole rings is 1. The van der Waals surface area contributed by atoms with E-state index < -0.39 is 0 Å². The van der Waals surface area contributed by atoms with Crippen molar-refractivity contribution in [2.24, 2.45) is 0 Å². The third kappa shape index (κ3) is 2.32. The van der Waals surface area contributed by atoms with E-state index in [2.05, 4.69) is 46.1 Å². The summed E-state index contributed by atoms with van der Waals surface area (Å²) in [6, 6.07) is 18.2. The van der Waals surface area contributed by atoms with Gasteiger partial charge < -0.3 is 0 Å². The maximum absolute atomic E-state index is 10.9. The van der Waals surface area contributed by atoms with E-state index in [0.717, 1.165) is 33.8 Å². The molecule has 0 amide bonds. The normalized spacial score (nSPS) is 11.2. The molecule has 112 valence electrons. The Kier molecular flexibility index (Phi) is 3.39. The SMILES string of the molecule is CSc1ccc(-n2cnc3c4ccc(C=O)cc4ccc32)cc1. The Morgan fingerprint density at radius 2 is 1.87 bits per heavy atom. The van der Waals surface area contributed by atoms with Crippen LogP contribution in [-0.2, 0) is 0 Å². The molecule has 1 heterocycles. The van der Waals surface area contributed by atoms with Gasteiger partial charge in [0.2, 0.25) is 0 Å². The van der Waals surface area contributed by atoms with Crippen molar-refractivity contribution in [2.45, 2.75) is 4.90 Å². The third-order valence-corrected chi connectivity index (χ3v) is 4.79. The van der Waals surface area contributed by atoms with E-state index in [4.69, 9.17) is 0 Å². The predicted molar refractivity (Wildman–Crippen MR) is 95.7 cm³/mol. The monoisotopic (exact) mass is 318 g/mol. The highest BCUT2D eigenvalue weighted by Crippen LogP contribution is 2.27. The molecule has 3 nitrogen and oxygen atoms in total. The Morgan fingerprint density at radius 1 is 1.04 bits per heavy atom. The van der Waals surface area contributed by atoms with Gasteiger partial charge in [-0.3, -0.25) is 9.36 Å². The second kappa shape index (κ2) is 5.56. The van der Waals surface area contributed by atoms with Crippen LogP contribution in [0, 0.1) is 0 Å². The molecule has 0 aliphatic rings. The van der Waals surface area contributed by atoms with Crippen LogP contribution in [0.2, 0.25) is 0 Å². The molecule has 1 aromatic heterocycles. The van der Waals surface area contributed by atoms with Gasteiger partial charge in [0.05, 0.1) is 11.0 Å². The summed E-state index contributed by atoms with van der Waals surface area (Å²) in [7, 11) is 0. The van der Waals surface area contributed by atoms with Crippen molar-refractivity contribution in [3.05, 3.63) is 66.5 Å². The number of thioether (sulfide) groups is 1. The van der Waals surface area contributed by atoms with Crippen LogP contribution < -0.4 is 0 Å². The first-order valence-corrected chi connectivity index (χ1v) is 8.52. The quantitative estimate of drug-likeness (QED) is 0.405. The largest absolute Gasteiger partial charge is 0.299 e. The molecule has 3 aromatic carbocycles. The highest BCUT2D eigenvalue weighted by atomic mass is 32.2. The summed E-state index contributed by atoms with van der Waals surface area (Å²) >= 11 is 1.73. The number of hydrogen-bond acceptors (Lipinski definition) is 3. The number of aromatic nitrogens is 2. The molecule has 0 saturated carbocycles. The fraction of sp³-hybridized carbons (Fsp3) is 0.0526. The number of fused-ring (bicyclic) bond motifs is 3. The minimum absolute atomic E-state index is 0.684. The van der Waals surface area contributed by atoms with Crippen LogP contribution in [0.15, 0.2) is 65.8 Å². The highest BCUT2D eigenvalue weighted by Gasteiger charge is 2.08. The summed E-state index contributed by atoms with van der Waals surface area (Å²) in [4.78, 5) is 16.8. The molecular formula is C19H14N2OS. The van der Waals surface area contributed by atoms with Gasteiger partial charge in [0, 0.05) is 21.5 Å². The smallest absolute Gasteiger partial charge is 0.150 e. The molecule has 4 rings (SSSR count). The van der Waals surface area contributed by atoms with Crippen molar-refractivity contribution in [1.29, 1.82) is 0 Å². The van der Waals surface area contributed by atoms with Crippen LogP contribution in [0.4, 0.5) is 0 Å². The second-order valence-corrected chi connectivity index (χ2v) is 6.22. The number of carbonyl (C=O) groups is 1. The van der Waals surface area contributed by atoms with Gasteiger partial charge >= 0.3 is 0 Å². The van der Waals surface area contributed by atoms with Crippen LogP contribution in [0.3, 0.4) is 0 Å². The summed E-state index contributed by atoms with van der Waals surface area (Å²) in [5.41, 5.74) is 3.79. The van der Waals surface area contributed by atoms with Gasteiger partial charge in [-0.15, -0.1) is 11.8 Å². The van der Waals surface area contributed by atoms with Crippen molar-refractivity contribution >= 4 is 39.9 Å². The third-order valence-electron chi connectivity index (χ3n) is 4.04. The predicted octanol–water partition coefficient (Wildman–Crippen LogP) is 4.71. The van der Waals surface area contributed by atoms with E-state index >= 15 is 0 Å². The summed E-state index contributed by atoms with van der Waals surface area (Å²) in [5.74, 6) is 0. The zero-order chi connectivity index (χ0) is 15.8. The second-order valence-electron chi connectivity index (χ2n) is 5.34. The molecular weight excluding hydrogens is 304 g/mol. The highest BCUT2D eigenvalue weighted by molar-refractivity contribution is 7.98. The first-order chi connectivity index (χ1) is 11.3. The van der Waals surface area contributed by atoms with Crippen LogP contribution in [0.25, 0.3) is 27.5 Å². The topological polar surface area (TPSA) is 34.9 Å². The number of rotatable bonds is 3. The van der Waals surface area contributed by atoms with Gasteiger partial charge in [-0.25, -0.2) is 4.98 Å². The maximum Gasteiger partial charge on any atom is 0.150 e. The van der Waals surface area contributed by atoms with E-state index in [-0.39, 0.29) is 0 Å². The molecule has 0 aliphatic carbocycles. The molecule has 0 unspecified atom stereocenters.